The van der Waals surface area contributed by atoms with Gasteiger partial charge in [-0.2, -0.15) is 4.99 Å². The van der Waals surface area contributed by atoms with Gasteiger partial charge in [-0.3, -0.25) is 14.3 Å². The number of anilines is 1. The molecule has 0 radical (unpaired) electrons. The summed E-state index contributed by atoms with van der Waals surface area (Å²) in [6.07, 6.45) is 0. The van der Waals surface area contributed by atoms with Crippen molar-refractivity contribution in [1.82, 2.24) is 4.57 Å². The summed E-state index contributed by atoms with van der Waals surface area (Å²) in [7, 11) is -2.51. The minimum atomic E-state index is -3.97. The molecule has 4 aromatic rings. The Bertz CT molecular complexity index is 1700. The fraction of sp³-hybridized carbons (Fsp3) is 0.160. The van der Waals surface area contributed by atoms with Crippen LogP contribution in [0.4, 0.5) is 14.5 Å². The molecular weight excluding hydrogens is 540 g/mol. The van der Waals surface area contributed by atoms with Crippen LogP contribution >= 0.6 is 11.3 Å². The Morgan fingerprint density at radius 1 is 1.08 bits per heavy atom. The van der Waals surface area contributed by atoms with E-state index >= 15 is 0 Å². The lowest BCUT2D eigenvalue weighted by atomic mass is 10.2. The lowest BCUT2D eigenvalue weighted by molar-refractivity contribution is -0.143. The summed E-state index contributed by atoms with van der Waals surface area (Å²) in [4.78, 5) is 29.1. The van der Waals surface area contributed by atoms with E-state index in [0.29, 0.717) is 11.8 Å². The van der Waals surface area contributed by atoms with Crippen molar-refractivity contribution >= 4 is 49.1 Å². The number of esters is 1. The number of nitrogens with zero attached hydrogens (tertiary/aromatic N) is 2. The van der Waals surface area contributed by atoms with Gasteiger partial charge in [-0.15, -0.1) is 0 Å². The first-order valence-corrected chi connectivity index (χ1v) is 13.4. The number of methoxy groups -OCH3 is 1. The van der Waals surface area contributed by atoms with Gasteiger partial charge in [0, 0.05) is 17.3 Å². The van der Waals surface area contributed by atoms with Crippen LogP contribution in [0.1, 0.15) is 17.3 Å². The number of sulfonamides is 1. The Hall–Kier alpha value is -4.10. The van der Waals surface area contributed by atoms with Crippen LogP contribution in [0.3, 0.4) is 0 Å². The second kappa shape index (κ2) is 11.1. The Morgan fingerprint density at radius 2 is 1.82 bits per heavy atom. The predicted molar refractivity (Wildman–Crippen MR) is 137 cm³/mol. The summed E-state index contributed by atoms with van der Waals surface area (Å²) in [6, 6.07) is 13.1. The number of nitrogens with one attached hydrogen (secondary N) is 1. The molecule has 38 heavy (non-hydrogen) atoms. The zero-order chi connectivity index (χ0) is 27.4. The number of hydrogen-bond donors (Lipinski definition) is 1. The molecule has 13 heteroatoms. The molecule has 4 rings (SSSR count). The van der Waals surface area contributed by atoms with Crippen LogP contribution in [0.25, 0.3) is 10.2 Å². The average Bonchev–Trinajstić information content (AvgIpc) is 3.20. The van der Waals surface area contributed by atoms with Gasteiger partial charge in [0.1, 0.15) is 18.1 Å². The predicted octanol–water partition coefficient (Wildman–Crippen LogP) is 4.09. The van der Waals surface area contributed by atoms with E-state index in [-0.39, 0.29) is 37.8 Å². The summed E-state index contributed by atoms with van der Waals surface area (Å²) in [5.41, 5.74) is 0.0226. The molecule has 3 aromatic carbocycles. The van der Waals surface area contributed by atoms with Crippen LogP contribution in [0.2, 0.25) is 0 Å². The first-order valence-electron chi connectivity index (χ1n) is 11.1. The Morgan fingerprint density at radius 3 is 2.50 bits per heavy atom. The number of rotatable bonds is 8. The van der Waals surface area contributed by atoms with Crippen molar-refractivity contribution in [2.24, 2.45) is 4.99 Å². The van der Waals surface area contributed by atoms with E-state index in [2.05, 4.69) is 9.71 Å². The molecule has 0 aliphatic rings. The SMILES string of the molecule is CCOC(=O)Cn1c(=NC(=O)c2cccc(NS(=O)(=O)c3ccc(OC)cc3)c2)sc2cc(F)cc(F)c21. The minimum Gasteiger partial charge on any atom is -0.497 e. The van der Waals surface area contributed by atoms with Crippen molar-refractivity contribution in [1.29, 1.82) is 0 Å². The molecular formula is C25H21F2N3O6S2. The van der Waals surface area contributed by atoms with E-state index in [4.69, 9.17) is 9.47 Å². The molecule has 0 aliphatic carbocycles. The molecule has 0 saturated carbocycles. The molecule has 0 bridgehead atoms. The van der Waals surface area contributed by atoms with E-state index in [1.54, 1.807) is 6.92 Å². The van der Waals surface area contributed by atoms with Gasteiger partial charge < -0.3 is 14.0 Å². The fourth-order valence-corrected chi connectivity index (χ4v) is 5.65. The summed E-state index contributed by atoms with van der Waals surface area (Å²) < 4.78 is 67.6. The third-order valence-electron chi connectivity index (χ3n) is 5.22. The number of carbonyl (C=O) groups is 2. The van der Waals surface area contributed by atoms with Crippen LogP contribution in [-0.4, -0.2) is 38.6 Å². The topological polar surface area (TPSA) is 116 Å². The minimum absolute atomic E-state index is 0.0146. The van der Waals surface area contributed by atoms with Gasteiger partial charge in [-0.1, -0.05) is 17.4 Å². The summed E-state index contributed by atoms with van der Waals surface area (Å²) in [5.74, 6) is -2.75. The zero-order valence-corrected chi connectivity index (χ0v) is 21.7. The normalized spacial score (nSPS) is 11.9. The largest absolute Gasteiger partial charge is 0.497 e. The summed E-state index contributed by atoms with van der Waals surface area (Å²) >= 11 is 0.816. The van der Waals surface area contributed by atoms with Crippen LogP contribution in [-0.2, 0) is 26.1 Å². The van der Waals surface area contributed by atoms with Gasteiger partial charge in [0.15, 0.2) is 10.6 Å². The van der Waals surface area contributed by atoms with E-state index in [1.165, 1.54) is 55.6 Å². The Labute approximate surface area is 220 Å². The maximum absolute atomic E-state index is 14.6. The highest BCUT2D eigenvalue weighted by Crippen LogP contribution is 2.23. The molecule has 0 aliphatic heterocycles. The quantitative estimate of drug-likeness (QED) is 0.324. The molecule has 0 saturated heterocycles. The van der Waals surface area contributed by atoms with Crippen LogP contribution in [0.5, 0.6) is 5.75 Å². The number of fused-ring (bicyclic) bond motifs is 1. The number of carbonyl (C=O) groups excluding carboxylic acids is 2. The molecule has 0 spiro atoms. The van der Waals surface area contributed by atoms with Gasteiger partial charge >= 0.3 is 5.97 Å². The maximum Gasteiger partial charge on any atom is 0.326 e. The van der Waals surface area contributed by atoms with Crippen molar-refractivity contribution in [3.8, 4) is 5.75 Å². The van der Waals surface area contributed by atoms with E-state index in [0.717, 1.165) is 22.0 Å². The number of aromatic nitrogens is 1. The van der Waals surface area contributed by atoms with Gasteiger partial charge in [0.05, 0.1) is 28.8 Å². The standard InChI is InChI=1S/C25H21F2N3O6S2/c1-3-36-22(31)14-30-23-20(27)12-16(26)13-21(23)37-25(30)28-24(32)15-5-4-6-17(11-15)29-38(33,34)19-9-7-18(35-2)8-10-19/h4-13,29H,3,14H2,1-2H3. The summed E-state index contributed by atoms with van der Waals surface area (Å²) in [6.45, 7) is 1.24. The maximum atomic E-state index is 14.6. The molecule has 1 aromatic heterocycles. The molecule has 9 nitrogen and oxygen atoms in total. The fourth-order valence-electron chi connectivity index (χ4n) is 3.53. The van der Waals surface area contributed by atoms with Crippen LogP contribution in [0, 0.1) is 11.6 Å². The van der Waals surface area contributed by atoms with Crippen molar-refractivity contribution in [3.05, 3.63) is 82.7 Å². The van der Waals surface area contributed by atoms with Crippen LogP contribution in [0.15, 0.2) is 70.6 Å². The summed E-state index contributed by atoms with van der Waals surface area (Å²) in [5, 5.41) is 0. The molecule has 0 fully saturated rings. The Kier molecular flexibility index (Phi) is 7.88. The van der Waals surface area contributed by atoms with Gasteiger partial charge in [0.2, 0.25) is 0 Å². The molecule has 1 heterocycles. The van der Waals surface area contributed by atoms with E-state index < -0.39 is 40.1 Å². The van der Waals surface area contributed by atoms with E-state index in [1.807, 2.05) is 0 Å². The monoisotopic (exact) mass is 561 g/mol. The van der Waals surface area contributed by atoms with Gasteiger partial charge in [-0.25, -0.2) is 17.2 Å². The zero-order valence-electron chi connectivity index (χ0n) is 20.1. The van der Waals surface area contributed by atoms with Gasteiger partial charge in [0.25, 0.3) is 15.9 Å². The third kappa shape index (κ3) is 5.89. The molecule has 1 N–H and O–H groups in total. The van der Waals surface area contributed by atoms with Crippen molar-refractivity contribution in [2.45, 2.75) is 18.4 Å². The second-order valence-electron chi connectivity index (χ2n) is 7.79. The number of halogens is 2. The van der Waals surface area contributed by atoms with Crippen molar-refractivity contribution in [2.75, 3.05) is 18.4 Å². The number of benzene rings is 3. The Balaban J connectivity index is 1.69. The second-order valence-corrected chi connectivity index (χ2v) is 10.5. The lowest BCUT2D eigenvalue weighted by Crippen LogP contribution is -2.23. The molecule has 198 valence electrons. The number of hydrogen-bond acceptors (Lipinski definition) is 7. The first-order chi connectivity index (χ1) is 18.1. The van der Waals surface area contributed by atoms with Crippen molar-refractivity contribution < 1.29 is 36.3 Å². The van der Waals surface area contributed by atoms with E-state index in [9.17, 15) is 26.8 Å². The number of amides is 1. The first kappa shape index (κ1) is 26.9. The third-order valence-corrected chi connectivity index (χ3v) is 7.64. The van der Waals surface area contributed by atoms with Crippen LogP contribution < -0.4 is 14.3 Å². The molecule has 0 atom stereocenters. The number of ether oxygens (including phenoxy) is 2. The van der Waals surface area contributed by atoms with Crippen molar-refractivity contribution in [3.63, 3.8) is 0 Å². The van der Waals surface area contributed by atoms with Gasteiger partial charge in [-0.05, 0) is 55.5 Å². The highest BCUT2D eigenvalue weighted by Gasteiger charge is 2.18. The molecule has 0 unspecified atom stereocenters. The lowest BCUT2D eigenvalue weighted by Gasteiger charge is -2.09. The number of thiazole rings is 1. The highest BCUT2D eigenvalue weighted by atomic mass is 32.2. The highest BCUT2D eigenvalue weighted by molar-refractivity contribution is 7.92. The smallest absolute Gasteiger partial charge is 0.326 e. The average molecular weight is 562 g/mol. The molecule has 1 amide bonds.